The zero-order valence-corrected chi connectivity index (χ0v) is 11.1. The minimum atomic E-state index is -0.448. The number of hydrogen-bond donors (Lipinski definition) is 1. The second kappa shape index (κ2) is 6.63. The van der Waals surface area contributed by atoms with E-state index < -0.39 is 4.92 Å². The van der Waals surface area contributed by atoms with Gasteiger partial charge in [-0.15, -0.1) is 0 Å². The standard InChI is InChI=1S/C14H15N3O3/c1-20-10-12-6-3-2-5-11(12)9-16-14-13(17(18)19)7-4-8-15-14/h2-8H,9-10H2,1H3,(H,15,16). The molecule has 0 aliphatic heterocycles. The number of hydrogen-bond acceptors (Lipinski definition) is 5. The maximum atomic E-state index is 10.9. The van der Waals surface area contributed by atoms with Crippen LogP contribution in [0.5, 0.6) is 0 Å². The first-order chi connectivity index (χ1) is 9.72. The van der Waals surface area contributed by atoms with Crippen LogP contribution in [0.4, 0.5) is 11.5 Å². The van der Waals surface area contributed by atoms with Crippen LogP contribution in [0.15, 0.2) is 42.6 Å². The van der Waals surface area contributed by atoms with Crippen LogP contribution >= 0.6 is 0 Å². The van der Waals surface area contributed by atoms with E-state index in [0.717, 1.165) is 11.1 Å². The fraction of sp³-hybridized carbons (Fsp3) is 0.214. The van der Waals surface area contributed by atoms with Gasteiger partial charge in [0.1, 0.15) is 0 Å². The van der Waals surface area contributed by atoms with Crippen molar-refractivity contribution in [1.29, 1.82) is 0 Å². The lowest BCUT2D eigenvalue weighted by molar-refractivity contribution is -0.384. The highest BCUT2D eigenvalue weighted by Crippen LogP contribution is 2.21. The van der Waals surface area contributed by atoms with E-state index in [4.69, 9.17) is 4.74 Å². The van der Waals surface area contributed by atoms with E-state index in [9.17, 15) is 10.1 Å². The maximum absolute atomic E-state index is 10.9. The van der Waals surface area contributed by atoms with E-state index in [0.29, 0.717) is 13.2 Å². The summed E-state index contributed by atoms with van der Waals surface area (Å²) in [6, 6.07) is 10.7. The first-order valence-corrected chi connectivity index (χ1v) is 6.11. The summed E-state index contributed by atoms with van der Waals surface area (Å²) in [4.78, 5) is 14.5. The molecule has 0 aliphatic carbocycles. The summed E-state index contributed by atoms with van der Waals surface area (Å²) in [6.07, 6.45) is 1.52. The van der Waals surface area contributed by atoms with Gasteiger partial charge in [-0.1, -0.05) is 24.3 Å². The van der Waals surface area contributed by atoms with E-state index in [2.05, 4.69) is 10.3 Å². The third-order valence-corrected chi connectivity index (χ3v) is 2.85. The summed E-state index contributed by atoms with van der Waals surface area (Å²) in [5.74, 6) is 0.268. The molecule has 2 rings (SSSR count). The number of rotatable bonds is 6. The summed E-state index contributed by atoms with van der Waals surface area (Å²) in [5.41, 5.74) is 2.03. The molecule has 1 N–H and O–H groups in total. The Morgan fingerprint density at radius 3 is 2.70 bits per heavy atom. The highest BCUT2D eigenvalue weighted by atomic mass is 16.6. The van der Waals surface area contributed by atoms with Gasteiger partial charge >= 0.3 is 5.69 Å². The van der Waals surface area contributed by atoms with Crippen LogP contribution < -0.4 is 5.32 Å². The second-order valence-electron chi connectivity index (χ2n) is 4.18. The van der Waals surface area contributed by atoms with Crippen molar-refractivity contribution in [2.75, 3.05) is 12.4 Å². The van der Waals surface area contributed by atoms with Gasteiger partial charge in [0, 0.05) is 25.9 Å². The molecule has 0 amide bonds. The molecular weight excluding hydrogens is 258 g/mol. The molecule has 0 spiro atoms. The van der Waals surface area contributed by atoms with Crippen LogP contribution in [0.3, 0.4) is 0 Å². The molecule has 20 heavy (non-hydrogen) atoms. The monoisotopic (exact) mass is 273 g/mol. The lowest BCUT2D eigenvalue weighted by Gasteiger charge is -2.10. The van der Waals surface area contributed by atoms with Gasteiger partial charge in [-0.25, -0.2) is 4.98 Å². The molecule has 104 valence electrons. The van der Waals surface area contributed by atoms with Gasteiger partial charge in [0.15, 0.2) is 0 Å². The molecule has 0 bridgehead atoms. The largest absolute Gasteiger partial charge is 0.380 e. The summed E-state index contributed by atoms with van der Waals surface area (Å²) >= 11 is 0. The zero-order valence-electron chi connectivity index (χ0n) is 11.1. The number of ether oxygens (including phenoxy) is 1. The Morgan fingerprint density at radius 2 is 2.00 bits per heavy atom. The van der Waals surface area contributed by atoms with Crippen molar-refractivity contribution in [3.63, 3.8) is 0 Å². The Kier molecular flexibility index (Phi) is 4.62. The molecule has 0 aliphatic rings. The number of methoxy groups -OCH3 is 1. The van der Waals surface area contributed by atoms with Gasteiger partial charge in [-0.3, -0.25) is 10.1 Å². The highest BCUT2D eigenvalue weighted by Gasteiger charge is 2.13. The quantitative estimate of drug-likeness (QED) is 0.646. The Balaban J connectivity index is 2.15. The van der Waals surface area contributed by atoms with Gasteiger partial charge in [0.25, 0.3) is 0 Å². The Hall–Kier alpha value is -2.47. The molecule has 0 unspecified atom stereocenters. The van der Waals surface area contributed by atoms with Crippen LogP contribution in [0.1, 0.15) is 11.1 Å². The minimum Gasteiger partial charge on any atom is -0.380 e. The molecule has 0 radical (unpaired) electrons. The van der Waals surface area contributed by atoms with Crippen molar-refractivity contribution < 1.29 is 9.66 Å². The molecule has 6 nitrogen and oxygen atoms in total. The van der Waals surface area contributed by atoms with Crippen molar-refractivity contribution in [3.8, 4) is 0 Å². The molecule has 0 saturated carbocycles. The van der Waals surface area contributed by atoms with Crippen LogP contribution in [0, 0.1) is 10.1 Å². The fourth-order valence-corrected chi connectivity index (χ4v) is 1.89. The number of anilines is 1. The first kappa shape index (κ1) is 14.0. The van der Waals surface area contributed by atoms with Crippen LogP contribution in [0.25, 0.3) is 0 Å². The van der Waals surface area contributed by atoms with Crippen molar-refractivity contribution in [2.45, 2.75) is 13.2 Å². The molecule has 1 aromatic carbocycles. The number of nitrogens with zero attached hydrogens (tertiary/aromatic N) is 2. The molecule has 6 heteroatoms. The summed E-state index contributed by atoms with van der Waals surface area (Å²) in [5, 5.41) is 13.9. The van der Waals surface area contributed by atoms with Crippen molar-refractivity contribution in [1.82, 2.24) is 4.98 Å². The number of benzene rings is 1. The fourth-order valence-electron chi connectivity index (χ4n) is 1.89. The van der Waals surface area contributed by atoms with E-state index >= 15 is 0 Å². The Morgan fingerprint density at radius 1 is 1.25 bits per heavy atom. The van der Waals surface area contributed by atoms with Crippen molar-refractivity contribution in [3.05, 3.63) is 63.8 Å². The topological polar surface area (TPSA) is 77.3 Å². The number of aromatic nitrogens is 1. The summed E-state index contributed by atoms with van der Waals surface area (Å²) in [7, 11) is 1.63. The van der Waals surface area contributed by atoms with Gasteiger partial charge < -0.3 is 10.1 Å². The minimum absolute atomic E-state index is 0.0308. The SMILES string of the molecule is COCc1ccccc1CNc1ncccc1[N+](=O)[O-]. The Labute approximate surface area is 116 Å². The lowest BCUT2D eigenvalue weighted by atomic mass is 10.1. The zero-order chi connectivity index (χ0) is 14.4. The first-order valence-electron chi connectivity index (χ1n) is 6.11. The highest BCUT2D eigenvalue weighted by molar-refractivity contribution is 5.55. The molecule has 2 aromatic rings. The second-order valence-corrected chi connectivity index (χ2v) is 4.18. The maximum Gasteiger partial charge on any atom is 0.311 e. The predicted octanol–water partition coefficient (Wildman–Crippen LogP) is 2.75. The van der Waals surface area contributed by atoms with E-state index in [-0.39, 0.29) is 11.5 Å². The van der Waals surface area contributed by atoms with Gasteiger partial charge in [-0.2, -0.15) is 0 Å². The van der Waals surface area contributed by atoms with Crippen molar-refractivity contribution >= 4 is 11.5 Å². The average molecular weight is 273 g/mol. The number of nitrogens with one attached hydrogen (secondary N) is 1. The van der Waals surface area contributed by atoms with Crippen LogP contribution in [0.2, 0.25) is 0 Å². The molecule has 0 saturated heterocycles. The smallest absolute Gasteiger partial charge is 0.311 e. The van der Waals surface area contributed by atoms with Crippen LogP contribution in [-0.2, 0) is 17.9 Å². The Bertz CT molecular complexity index is 602. The van der Waals surface area contributed by atoms with Gasteiger partial charge in [0.2, 0.25) is 5.82 Å². The molecule has 1 heterocycles. The summed E-state index contributed by atoms with van der Waals surface area (Å²) < 4.78 is 5.13. The van der Waals surface area contributed by atoms with E-state index in [1.165, 1.54) is 12.3 Å². The third-order valence-electron chi connectivity index (χ3n) is 2.85. The summed E-state index contributed by atoms with van der Waals surface area (Å²) in [6.45, 7) is 0.958. The average Bonchev–Trinajstić information content (AvgIpc) is 2.47. The van der Waals surface area contributed by atoms with Gasteiger partial charge in [-0.05, 0) is 17.2 Å². The number of nitro groups is 1. The van der Waals surface area contributed by atoms with Crippen molar-refractivity contribution in [2.24, 2.45) is 0 Å². The molecule has 0 fully saturated rings. The van der Waals surface area contributed by atoms with E-state index in [1.807, 2.05) is 24.3 Å². The molecular formula is C14H15N3O3. The lowest BCUT2D eigenvalue weighted by Crippen LogP contribution is -2.06. The van der Waals surface area contributed by atoms with E-state index in [1.54, 1.807) is 13.2 Å². The predicted molar refractivity (Wildman–Crippen MR) is 75.4 cm³/mol. The molecule has 1 aromatic heterocycles. The van der Waals surface area contributed by atoms with Crippen LogP contribution in [-0.4, -0.2) is 17.0 Å². The molecule has 0 atom stereocenters. The third kappa shape index (κ3) is 3.30. The number of pyridine rings is 1. The van der Waals surface area contributed by atoms with Gasteiger partial charge in [0.05, 0.1) is 11.5 Å². The normalized spacial score (nSPS) is 10.2.